The summed E-state index contributed by atoms with van der Waals surface area (Å²) >= 11 is 3.39. The van der Waals surface area contributed by atoms with Crippen LogP contribution in [-0.2, 0) is 0 Å². The SMILES string of the molecule is Cc1ccccc1C(=O)N1CCN(C(=O)c2cccc(Br)c2)CC1. The Morgan fingerprint density at radius 1 is 0.875 bits per heavy atom. The molecular formula is C19H19BrN2O2. The fourth-order valence-corrected chi connectivity index (χ4v) is 3.30. The Morgan fingerprint density at radius 3 is 2.12 bits per heavy atom. The molecule has 0 unspecified atom stereocenters. The van der Waals surface area contributed by atoms with E-state index >= 15 is 0 Å². The van der Waals surface area contributed by atoms with Crippen LogP contribution in [0.1, 0.15) is 26.3 Å². The first kappa shape index (κ1) is 16.7. The van der Waals surface area contributed by atoms with E-state index in [9.17, 15) is 9.59 Å². The van der Waals surface area contributed by atoms with Crippen molar-refractivity contribution in [3.8, 4) is 0 Å². The Hall–Kier alpha value is -2.14. The van der Waals surface area contributed by atoms with Crippen molar-refractivity contribution in [2.45, 2.75) is 6.92 Å². The van der Waals surface area contributed by atoms with Crippen LogP contribution < -0.4 is 0 Å². The van der Waals surface area contributed by atoms with Gasteiger partial charge in [0.2, 0.25) is 0 Å². The summed E-state index contributed by atoms with van der Waals surface area (Å²) in [5.41, 5.74) is 2.39. The third-order valence-corrected chi connectivity index (χ3v) is 4.79. The molecule has 0 bridgehead atoms. The van der Waals surface area contributed by atoms with Crippen LogP contribution in [0.4, 0.5) is 0 Å². The molecule has 2 aromatic carbocycles. The van der Waals surface area contributed by atoms with Crippen LogP contribution >= 0.6 is 15.9 Å². The molecule has 3 rings (SSSR count). The minimum atomic E-state index is 0.0132. The van der Waals surface area contributed by atoms with Gasteiger partial charge in [-0.3, -0.25) is 9.59 Å². The number of aryl methyl sites for hydroxylation is 1. The van der Waals surface area contributed by atoms with Crippen molar-refractivity contribution < 1.29 is 9.59 Å². The Morgan fingerprint density at radius 2 is 1.50 bits per heavy atom. The summed E-state index contributed by atoms with van der Waals surface area (Å²) in [6.45, 7) is 4.19. The number of hydrogen-bond donors (Lipinski definition) is 0. The van der Waals surface area contributed by atoms with Gasteiger partial charge in [0.05, 0.1) is 0 Å². The maximum absolute atomic E-state index is 12.6. The monoisotopic (exact) mass is 386 g/mol. The topological polar surface area (TPSA) is 40.6 Å². The summed E-state index contributed by atoms with van der Waals surface area (Å²) in [4.78, 5) is 28.8. The molecule has 0 saturated carbocycles. The van der Waals surface area contributed by atoms with E-state index in [0.717, 1.165) is 15.6 Å². The van der Waals surface area contributed by atoms with Crippen LogP contribution in [0, 0.1) is 6.92 Å². The van der Waals surface area contributed by atoms with Gasteiger partial charge in [-0.25, -0.2) is 0 Å². The van der Waals surface area contributed by atoms with Gasteiger partial charge in [-0.2, -0.15) is 0 Å². The van der Waals surface area contributed by atoms with Crippen LogP contribution in [0.15, 0.2) is 53.0 Å². The van der Waals surface area contributed by atoms with E-state index in [0.29, 0.717) is 31.7 Å². The zero-order chi connectivity index (χ0) is 17.1. The van der Waals surface area contributed by atoms with Crippen molar-refractivity contribution in [1.29, 1.82) is 0 Å². The van der Waals surface area contributed by atoms with E-state index in [1.54, 1.807) is 0 Å². The van der Waals surface area contributed by atoms with Gasteiger partial charge in [0.25, 0.3) is 11.8 Å². The van der Waals surface area contributed by atoms with Gasteiger partial charge in [-0.15, -0.1) is 0 Å². The molecule has 2 amide bonds. The second-order valence-electron chi connectivity index (χ2n) is 5.91. The molecule has 1 saturated heterocycles. The largest absolute Gasteiger partial charge is 0.335 e. The number of benzene rings is 2. The Bertz CT molecular complexity index is 767. The molecule has 5 heteroatoms. The van der Waals surface area contributed by atoms with Crippen molar-refractivity contribution in [2.75, 3.05) is 26.2 Å². The molecule has 1 heterocycles. The van der Waals surface area contributed by atoms with Gasteiger partial charge in [0, 0.05) is 41.8 Å². The molecular weight excluding hydrogens is 368 g/mol. The Balaban J connectivity index is 1.65. The highest BCUT2D eigenvalue weighted by atomic mass is 79.9. The van der Waals surface area contributed by atoms with Gasteiger partial charge in [-0.05, 0) is 36.8 Å². The van der Waals surface area contributed by atoms with Gasteiger partial charge in [0.1, 0.15) is 0 Å². The average Bonchev–Trinajstić information content (AvgIpc) is 2.61. The minimum absolute atomic E-state index is 0.0132. The minimum Gasteiger partial charge on any atom is -0.335 e. The normalized spacial score (nSPS) is 14.6. The van der Waals surface area contributed by atoms with E-state index in [1.807, 2.05) is 65.3 Å². The van der Waals surface area contributed by atoms with Crippen LogP contribution in [0.5, 0.6) is 0 Å². The van der Waals surface area contributed by atoms with Crippen molar-refractivity contribution in [1.82, 2.24) is 9.80 Å². The molecule has 1 aliphatic heterocycles. The number of carbonyl (C=O) groups excluding carboxylic acids is 2. The van der Waals surface area contributed by atoms with Gasteiger partial charge in [0.15, 0.2) is 0 Å². The number of rotatable bonds is 2. The van der Waals surface area contributed by atoms with Crippen molar-refractivity contribution in [3.63, 3.8) is 0 Å². The highest BCUT2D eigenvalue weighted by Crippen LogP contribution is 2.16. The first-order valence-electron chi connectivity index (χ1n) is 7.96. The summed E-state index contributed by atoms with van der Waals surface area (Å²) < 4.78 is 0.890. The number of halogens is 1. The standard InChI is InChI=1S/C19H19BrN2O2/c1-14-5-2-3-8-17(14)19(24)22-11-9-21(10-12-22)18(23)15-6-4-7-16(20)13-15/h2-8,13H,9-12H2,1H3. The predicted molar refractivity (Wildman–Crippen MR) is 97.1 cm³/mol. The fraction of sp³-hybridized carbons (Fsp3) is 0.263. The highest BCUT2D eigenvalue weighted by Gasteiger charge is 2.26. The summed E-state index contributed by atoms with van der Waals surface area (Å²) in [5, 5.41) is 0. The number of piperazine rings is 1. The fourth-order valence-electron chi connectivity index (χ4n) is 2.90. The third kappa shape index (κ3) is 3.51. The van der Waals surface area contributed by atoms with E-state index in [1.165, 1.54) is 0 Å². The molecule has 0 atom stereocenters. The molecule has 0 aromatic heterocycles. The number of nitrogens with zero attached hydrogens (tertiary/aromatic N) is 2. The number of hydrogen-bond acceptors (Lipinski definition) is 2. The van der Waals surface area contributed by atoms with Crippen LogP contribution in [0.3, 0.4) is 0 Å². The van der Waals surface area contributed by atoms with E-state index in [-0.39, 0.29) is 11.8 Å². The van der Waals surface area contributed by atoms with Gasteiger partial charge < -0.3 is 9.80 Å². The Kier molecular flexibility index (Phi) is 5.00. The summed E-state index contributed by atoms with van der Waals surface area (Å²) in [5.74, 6) is 0.0574. The summed E-state index contributed by atoms with van der Waals surface area (Å²) in [6, 6.07) is 15.0. The third-order valence-electron chi connectivity index (χ3n) is 4.30. The van der Waals surface area contributed by atoms with Gasteiger partial charge in [-0.1, -0.05) is 40.2 Å². The molecule has 0 aliphatic carbocycles. The molecule has 0 N–H and O–H groups in total. The first-order valence-corrected chi connectivity index (χ1v) is 8.75. The van der Waals surface area contributed by atoms with Crippen molar-refractivity contribution in [3.05, 3.63) is 69.7 Å². The van der Waals surface area contributed by atoms with E-state index < -0.39 is 0 Å². The average molecular weight is 387 g/mol. The van der Waals surface area contributed by atoms with Crippen LogP contribution in [-0.4, -0.2) is 47.8 Å². The molecule has 1 aliphatic rings. The maximum Gasteiger partial charge on any atom is 0.254 e. The smallest absolute Gasteiger partial charge is 0.254 e. The number of amides is 2. The lowest BCUT2D eigenvalue weighted by atomic mass is 10.1. The van der Waals surface area contributed by atoms with Gasteiger partial charge >= 0.3 is 0 Å². The molecule has 2 aromatic rings. The van der Waals surface area contributed by atoms with Crippen LogP contribution in [0.25, 0.3) is 0 Å². The summed E-state index contributed by atoms with van der Waals surface area (Å²) in [6.07, 6.45) is 0. The van der Waals surface area contributed by atoms with E-state index in [2.05, 4.69) is 15.9 Å². The Labute approximate surface area is 150 Å². The second-order valence-corrected chi connectivity index (χ2v) is 6.83. The number of carbonyl (C=O) groups is 2. The maximum atomic E-state index is 12.6. The zero-order valence-electron chi connectivity index (χ0n) is 13.5. The second kappa shape index (κ2) is 7.18. The van der Waals surface area contributed by atoms with E-state index in [4.69, 9.17) is 0 Å². The zero-order valence-corrected chi connectivity index (χ0v) is 15.1. The van der Waals surface area contributed by atoms with Crippen molar-refractivity contribution in [2.24, 2.45) is 0 Å². The molecule has 4 nitrogen and oxygen atoms in total. The molecule has 124 valence electrons. The molecule has 0 spiro atoms. The van der Waals surface area contributed by atoms with Crippen molar-refractivity contribution >= 4 is 27.7 Å². The first-order chi connectivity index (χ1) is 11.6. The lowest BCUT2D eigenvalue weighted by molar-refractivity contribution is 0.0535. The molecule has 24 heavy (non-hydrogen) atoms. The lowest BCUT2D eigenvalue weighted by Gasteiger charge is -2.35. The van der Waals surface area contributed by atoms with Crippen LogP contribution in [0.2, 0.25) is 0 Å². The predicted octanol–water partition coefficient (Wildman–Crippen LogP) is 3.36. The quantitative estimate of drug-likeness (QED) is 0.793. The molecule has 0 radical (unpaired) electrons. The highest BCUT2D eigenvalue weighted by molar-refractivity contribution is 9.10. The lowest BCUT2D eigenvalue weighted by Crippen LogP contribution is -2.50. The molecule has 1 fully saturated rings. The summed E-state index contributed by atoms with van der Waals surface area (Å²) in [7, 11) is 0.